The van der Waals surface area contributed by atoms with Crippen LogP contribution in [0.15, 0.2) is 47.4 Å². The molecule has 1 atom stereocenters. The van der Waals surface area contributed by atoms with Crippen LogP contribution in [0.3, 0.4) is 0 Å². The molecule has 0 saturated heterocycles. The van der Waals surface area contributed by atoms with Crippen LogP contribution in [0.5, 0.6) is 0 Å². The van der Waals surface area contributed by atoms with Gasteiger partial charge in [0.05, 0.1) is 11.4 Å². The van der Waals surface area contributed by atoms with Gasteiger partial charge in [0.25, 0.3) is 0 Å². The third kappa shape index (κ3) is 5.41. The Kier molecular flexibility index (Phi) is 5.98. The van der Waals surface area contributed by atoms with Crippen molar-refractivity contribution in [1.82, 2.24) is 5.32 Å². The van der Waals surface area contributed by atoms with Crippen LogP contribution in [0.25, 0.3) is 0 Å². The Morgan fingerprint density at radius 1 is 1.08 bits per heavy atom. The van der Waals surface area contributed by atoms with Gasteiger partial charge in [-0.1, -0.05) is 23.8 Å². The predicted octanol–water partition coefficient (Wildman–Crippen LogP) is 3.00. The lowest BCUT2D eigenvalue weighted by molar-refractivity contribution is -0.115. The zero-order valence-corrected chi connectivity index (χ0v) is 15.8. The Balaban J connectivity index is 1.93. The van der Waals surface area contributed by atoms with Gasteiger partial charge in [0, 0.05) is 18.0 Å². The first-order chi connectivity index (χ1) is 11.7. The minimum atomic E-state index is -3.23. The quantitative estimate of drug-likeness (QED) is 0.830. The van der Waals surface area contributed by atoms with Crippen LogP contribution >= 0.6 is 0 Å². The molecule has 2 rings (SSSR count). The Labute approximate surface area is 149 Å². The number of rotatable bonds is 6. The van der Waals surface area contributed by atoms with Gasteiger partial charge in [-0.05, 0) is 56.2 Å². The number of hydrogen-bond donors (Lipinski definition) is 2. The zero-order valence-electron chi connectivity index (χ0n) is 15.0. The van der Waals surface area contributed by atoms with Crippen molar-refractivity contribution in [2.45, 2.75) is 31.7 Å². The number of carbonyl (C=O) groups is 1. The summed E-state index contributed by atoms with van der Waals surface area (Å²) in [6, 6.07) is 12.5. The van der Waals surface area contributed by atoms with E-state index in [2.05, 4.69) is 35.8 Å². The molecule has 0 aliphatic rings. The van der Waals surface area contributed by atoms with Crippen LogP contribution in [0.2, 0.25) is 0 Å². The highest BCUT2D eigenvalue weighted by Gasteiger charge is 2.11. The number of nitrogens with one attached hydrogen (secondary N) is 2. The van der Waals surface area contributed by atoms with Gasteiger partial charge in [-0.25, -0.2) is 8.42 Å². The molecule has 0 radical (unpaired) electrons. The van der Waals surface area contributed by atoms with Crippen molar-refractivity contribution < 1.29 is 13.2 Å². The van der Waals surface area contributed by atoms with Crippen molar-refractivity contribution >= 4 is 21.4 Å². The molecule has 0 spiro atoms. The van der Waals surface area contributed by atoms with Gasteiger partial charge in [0.15, 0.2) is 9.84 Å². The fourth-order valence-electron chi connectivity index (χ4n) is 2.57. The third-order valence-corrected chi connectivity index (χ3v) is 5.16. The fraction of sp³-hybridized carbons (Fsp3) is 0.316. The lowest BCUT2D eigenvalue weighted by atomic mass is 10.00. The predicted molar refractivity (Wildman–Crippen MR) is 101 cm³/mol. The lowest BCUT2D eigenvalue weighted by Gasteiger charge is -2.17. The average Bonchev–Trinajstić information content (AvgIpc) is 2.54. The van der Waals surface area contributed by atoms with Crippen molar-refractivity contribution in [3.05, 3.63) is 59.2 Å². The number of sulfone groups is 1. The van der Waals surface area contributed by atoms with Crippen molar-refractivity contribution in [1.29, 1.82) is 0 Å². The molecule has 0 aliphatic carbocycles. The van der Waals surface area contributed by atoms with E-state index < -0.39 is 9.84 Å². The van der Waals surface area contributed by atoms with Crippen molar-refractivity contribution in [2.24, 2.45) is 0 Å². The molecule has 134 valence electrons. The summed E-state index contributed by atoms with van der Waals surface area (Å²) in [6.45, 7) is 6.29. The molecule has 2 aromatic rings. The Hall–Kier alpha value is -2.18. The summed E-state index contributed by atoms with van der Waals surface area (Å²) in [5.74, 6) is -0.177. The maximum Gasteiger partial charge on any atom is 0.238 e. The number of carbonyl (C=O) groups excluding carboxylic acids is 1. The lowest BCUT2D eigenvalue weighted by Crippen LogP contribution is -2.30. The van der Waals surface area contributed by atoms with Crippen LogP contribution < -0.4 is 10.6 Å². The molecule has 0 heterocycles. The highest BCUT2D eigenvalue weighted by atomic mass is 32.2. The molecule has 0 fully saturated rings. The first-order valence-corrected chi connectivity index (χ1v) is 9.96. The smallest absolute Gasteiger partial charge is 0.238 e. The maximum absolute atomic E-state index is 12.1. The summed E-state index contributed by atoms with van der Waals surface area (Å²) in [7, 11) is -3.23. The van der Waals surface area contributed by atoms with E-state index in [0.29, 0.717) is 5.69 Å². The van der Waals surface area contributed by atoms with E-state index in [-0.39, 0.29) is 23.4 Å². The monoisotopic (exact) mass is 360 g/mol. The van der Waals surface area contributed by atoms with Gasteiger partial charge in [-0.3, -0.25) is 4.79 Å². The highest BCUT2D eigenvalue weighted by Crippen LogP contribution is 2.19. The second kappa shape index (κ2) is 7.80. The first kappa shape index (κ1) is 19.1. The van der Waals surface area contributed by atoms with Crippen molar-refractivity contribution in [3.8, 4) is 0 Å². The van der Waals surface area contributed by atoms with Crippen LogP contribution in [-0.4, -0.2) is 27.1 Å². The number of anilines is 1. The van der Waals surface area contributed by atoms with Gasteiger partial charge < -0.3 is 10.6 Å². The van der Waals surface area contributed by atoms with E-state index >= 15 is 0 Å². The minimum absolute atomic E-state index is 0.0539. The van der Waals surface area contributed by atoms with E-state index in [4.69, 9.17) is 0 Å². The van der Waals surface area contributed by atoms with Gasteiger partial charge in [0.1, 0.15) is 0 Å². The topological polar surface area (TPSA) is 75.3 Å². The molecule has 6 heteroatoms. The minimum Gasteiger partial charge on any atom is -0.325 e. The van der Waals surface area contributed by atoms with Gasteiger partial charge in [0.2, 0.25) is 5.91 Å². The molecule has 2 aromatic carbocycles. The summed E-state index contributed by atoms with van der Waals surface area (Å²) in [5.41, 5.74) is 4.11. The van der Waals surface area contributed by atoms with Crippen LogP contribution in [0.1, 0.15) is 29.7 Å². The molecule has 0 bridgehead atoms. The molecule has 0 aliphatic heterocycles. The normalized spacial score (nSPS) is 12.6. The van der Waals surface area contributed by atoms with Gasteiger partial charge in [-0.2, -0.15) is 0 Å². The first-order valence-electron chi connectivity index (χ1n) is 8.07. The standard InChI is InChI=1S/C19H24N2O3S/c1-13-5-6-14(2)18(11-13)15(3)20-12-19(22)21-16-7-9-17(10-8-16)25(4,23)24/h5-11,15,20H,12H2,1-4H3,(H,21,22). The van der Waals surface area contributed by atoms with Crippen molar-refractivity contribution in [3.63, 3.8) is 0 Å². The van der Waals surface area contributed by atoms with E-state index in [1.165, 1.54) is 28.8 Å². The number of benzene rings is 2. The summed E-state index contributed by atoms with van der Waals surface area (Å²) >= 11 is 0. The fourth-order valence-corrected chi connectivity index (χ4v) is 3.20. The number of hydrogen-bond acceptors (Lipinski definition) is 4. The number of aryl methyl sites for hydroxylation is 2. The second-order valence-electron chi connectivity index (χ2n) is 6.31. The molecule has 0 saturated carbocycles. The maximum atomic E-state index is 12.1. The molecule has 5 nitrogen and oxygen atoms in total. The molecular formula is C19H24N2O3S. The van der Waals surface area contributed by atoms with E-state index in [9.17, 15) is 13.2 Å². The highest BCUT2D eigenvalue weighted by molar-refractivity contribution is 7.90. The zero-order chi connectivity index (χ0) is 18.6. The summed E-state index contributed by atoms with van der Waals surface area (Å²) in [4.78, 5) is 12.3. The van der Waals surface area contributed by atoms with E-state index in [1.807, 2.05) is 13.8 Å². The Bertz CT molecular complexity index is 859. The summed E-state index contributed by atoms with van der Waals surface area (Å²) < 4.78 is 22.9. The molecule has 1 amide bonds. The molecule has 2 N–H and O–H groups in total. The second-order valence-corrected chi connectivity index (χ2v) is 8.32. The summed E-state index contributed by atoms with van der Waals surface area (Å²) in [6.07, 6.45) is 1.15. The van der Waals surface area contributed by atoms with Crippen LogP contribution in [0.4, 0.5) is 5.69 Å². The Morgan fingerprint density at radius 3 is 2.32 bits per heavy atom. The average molecular weight is 360 g/mol. The third-order valence-electron chi connectivity index (χ3n) is 4.04. The molecule has 1 unspecified atom stereocenters. The molecular weight excluding hydrogens is 336 g/mol. The van der Waals surface area contributed by atoms with Crippen molar-refractivity contribution in [2.75, 3.05) is 18.1 Å². The largest absolute Gasteiger partial charge is 0.325 e. The summed E-state index contributed by atoms with van der Waals surface area (Å²) in [5, 5.41) is 5.97. The van der Waals surface area contributed by atoms with E-state index in [0.717, 1.165) is 6.26 Å². The van der Waals surface area contributed by atoms with Crippen LogP contribution in [0, 0.1) is 13.8 Å². The van der Waals surface area contributed by atoms with Gasteiger partial charge >= 0.3 is 0 Å². The van der Waals surface area contributed by atoms with E-state index in [1.54, 1.807) is 12.1 Å². The SMILES string of the molecule is Cc1ccc(C)c(C(C)NCC(=O)Nc2ccc(S(C)(=O)=O)cc2)c1. The molecule has 25 heavy (non-hydrogen) atoms. The number of amides is 1. The Morgan fingerprint density at radius 2 is 1.72 bits per heavy atom. The van der Waals surface area contributed by atoms with Gasteiger partial charge in [-0.15, -0.1) is 0 Å². The van der Waals surface area contributed by atoms with Crippen LogP contribution in [-0.2, 0) is 14.6 Å². The molecule has 0 aromatic heterocycles.